The third kappa shape index (κ3) is 3.09. The number of nitrogens with zero attached hydrogens (tertiary/aromatic N) is 2. The molecule has 1 saturated carbocycles. The third-order valence-corrected chi connectivity index (χ3v) is 4.15. The molecule has 2 atom stereocenters. The van der Waals surface area contributed by atoms with Crippen LogP contribution in [0.3, 0.4) is 0 Å². The normalized spacial score (nSPS) is 27.6. The average molecular weight is 289 g/mol. The van der Waals surface area contributed by atoms with Gasteiger partial charge in [-0.15, -0.1) is 0 Å². The topological polar surface area (TPSA) is 43.2 Å². The first kappa shape index (κ1) is 16.3. The van der Waals surface area contributed by atoms with E-state index in [1.807, 2.05) is 12.8 Å². The van der Waals surface area contributed by atoms with E-state index in [1.54, 1.807) is 14.2 Å². The van der Waals surface area contributed by atoms with Crippen LogP contribution >= 0.6 is 0 Å². The molecule has 115 valence electrons. The van der Waals surface area contributed by atoms with E-state index in [1.165, 1.54) is 5.92 Å². The maximum atomic E-state index is 5.55. The first-order chi connectivity index (χ1) is 9.91. The van der Waals surface area contributed by atoms with Crippen LogP contribution in [-0.2, 0) is 9.47 Å². The van der Waals surface area contributed by atoms with Gasteiger partial charge in [-0.3, -0.25) is 0 Å². The quantitative estimate of drug-likeness (QED) is 0.801. The van der Waals surface area contributed by atoms with E-state index >= 15 is 0 Å². The molecule has 0 bridgehead atoms. The number of hydrogen-bond acceptors (Lipinski definition) is 4. The third-order valence-electron chi connectivity index (χ3n) is 4.15. The number of rotatable bonds is 3. The van der Waals surface area contributed by atoms with Gasteiger partial charge in [0.05, 0.1) is 14.2 Å². The van der Waals surface area contributed by atoms with Crippen molar-refractivity contribution in [1.29, 1.82) is 0 Å². The Morgan fingerprint density at radius 3 is 2.05 bits per heavy atom. The van der Waals surface area contributed by atoms with Crippen molar-refractivity contribution in [3.8, 4) is 0 Å². The Morgan fingerprint density at radius 1 is 1.00 bits per heavy atom. The van der Waals surface area contributed by atoms with Gasteiger partial charge in [0.15, 0.2) is 0 Å². The lowest BCUT2D eigenvalue weighted by molar-refractivity contribution is 0.283. The van der Waals surface area contributed by atoms with E-state index in [-0.39, 0.29) is 17.5 Å². The molecule has 0 N–H and O–H groups in total. The molecule has 0 unspecified atom stereocenters. The lowest BCUT2D eigenvalue weighted by Crippen LogP contribution is -2.46. The SMILES string of the molecule is COC1=N[C@H](C(C)(C)[C]2[CH][CH][CH][CH]2)C(OC)=N[C@H]1C(C)C. The summed E-state index contributed by atoms with van der Waals surface area (Å²) < 4.78 is 11.0. The van der Waals surface area contributed by atoms with Crippen LogP contribution in [0.5, 0.6) is 0 Å². The van der Waals surface area contributed by atoms with E-state index in [2.05, 4.69) is 40.5 Å². The minimum atomic E-state index is -0.204. The molecule has 4 nitrogen and oxygen atoms in total. The molecule has 5 radical (unpaired) electrons. The first-order valence-corrected chi connectivity index (χ1v) is 7.37. The zero-order chi connectivity index (χ0) is 15.6. The Kier molecular flexibility index (Phi) is 4.95. The van der Waals surface area contributed by atoms with Gasteiger partial charge in [-0.05, 0) is 37.5 Å². The van der Waals surface area contributed by atoms with Gasteiger partial charge < -0.3 is 9.47 Å². The van der Waals surface area contributed by atoms with Crippen LogP contribution < -0.4 is 0 Å². The zero-order valence-corrected chi connectivity index (χ0v) is 13.8. The second-order valence-corrected chi connectivity index (χ2v) is 6.33. The molecule has 1 aliphatic heterocycles. The summed E-state index contributed by atoms with van der Waals surface area (Å²) >= 11 is 0. The molecule has 0 amide bonds. The van der Waals surface area contributed by atoms with Crippen molar-refractivity contribution in [3.05, 3.63) is 31.6 Å². The summed E-state index contributed by atoms with van der Waals surface area (Å²) in [5.74, 6) is 2.91. The predicted molar refractivity (Wildman–Crippen MR) is 85.5 cm³/mol. The molecule has 21 heavy (non-hydrogen) atoms. The zero-order valence-electron chi connectivity index (χ0n) is 13.8. The van der Waals surface area contributed by atoms with Gasteiger partial charge in [-0.2, -0.15) is 0 Å². The molecule has 2 aliphatic rings. The Labute approximate surface area is 129 Å². The Bertz CT molecular complexity index is 421. The van der Waals surface area contributed by atoms with Gasteiger partial charge in [0.25, 0.3) is 0 Å². The predicted octanol–water partition coefficient (Wildman–Crippen LogP) is 2.91. The summed E-state index contributed by atoms with van der Waals surface area (Å²) in [7, 11) is 3.33. The van der Waals surface area contributed by atoms with Crippen molar-refractivity contribution < 1.29 is 9.47 Å². The average Bonchev–Trinajstić information content (AvgIpc) is 3.00. The molecular formula is C17H25N2O2. The summed E-state index contributed by atoms with van der Waals surface area (Å²) in [5.41, 5.74) is -0.204. The minimum absolute atomic E-state index is 0.0725. The fourth-order valence-corrected chi connectivity index (χ4v) is 2.73. The fourth-order valence-electron chi connectivity index (χ4n) is 2.73. The van der Waals surface area contributed by atoms with Crippen molar-refractivity contribution in [2.24, 2.45) is 21.3 Å². The van der Waals surface area contributed by atoms with E-state index < -0.39 is 0 Å². The van der Waals surface area contributed by atoms with Crippen LogP contribution in [0.15, 0.2) is 9.98 Å². The standard InChI is InChI=1S/C17H25N2O2/c1-11(2)13-15(20-5)19-14(16(18-13)21-6)17(3,4)12-9-7-8-10-12/h7-11,13-14H,1-6H3/t13-,14-/m0/s1. The molecule has 2 rings (SSSR count). The molecule has 0 aromatic heterocycles. The highest BCUT2D eigenvalue weighted by Crippen LogP contribution is 2.44. The molecule has 1 fully saturated rings. The van der Waals surface area contributed by atoms with Crippen molar-refractivity contribution >= 4 is 11.8 Å². The molecule has 0 aromatic rings. The molecule has 4 heteroatoms. The van der Waals surface area contributed by atoms with Gasteiger partial charge in [-0.1, -0.05) is 27.7 Å². The smallest absolute Gasteiger partial charge is 0.210 e. The van der Waals surface area contributed by atoms with Crippen molar-refractivity contribution in [1.82, 2.24) is 0 Å². The van der Waals surface area contributed by atoms with Gasteiger partial charge in [0, 0.05) is 5.41 Å². The lowest BCUT2D eigenvalue weighted by atomic mass is 9.71. The Hall–Kier alpha value is -1.06. The summed E-state index contributed by atoms with van der Waals surface area (Å²) in [6.07, 6.45) is 8.32. The first-order valence-electron chi connectivity index (χ1n) is 7.37. The molecule has 0 spiro atoms. The highest BCUT2D eigenvalue weighted by Gasteiger charge is 2.45. The van der Waals surface area contributed by atoms with E-state index in [0.717, 1.165) is 0 Å². The van der Waals surface area contributed by atoms with Crippen LogP contribution in [0, 0.1) is 42.9 Å². The molecule has 1 aliphatic carbocycles. The highest BCUT2D eigenvalue weighted by atomic mass is 16.5. The largest absolute Gasteiger partial charge is 0.483 e. The van der Waals surface area contributed by atoms with E-state index in [0.29, 0.717) is 17.7 Å². The van der Waals surface area contributed by atoms with Crippen molar-refractivity contribution in [3.63, 3.8) is 0 Å². The monoisotopic (exact) mass is 289 g/mol. The van der Waals surface area contributed by atoms with Crippen LogP contribution in [0.4, 0.5) is 0 Å². The van der Waals surface area contributed by atoms with Crippen LogP contribution in [0.2, 0.25) is 0 Å². The van der Waals surface area contributed by atoms with Gasteiger partial charge in [0.2, 0.25) is 11.8 Å². The number of methoxy groups -OCH3 is 2. The van der Waals surface area contributed by atoms with Crippen molar-refractivity contribution in [2.45, 2.75) is 39.8 Å². The van der Waals surface area contributed by atoms with E-state index in [4.69, 9.17) is 19.5 Å². The van der Waals surface area contributed by atoms with Crippen LogP contribution in [0.1, 0.15) is 27.7 Å². The van der Waals surface area contributed by atoms with Crippen LogP contribution in [0.25, 0.3) is 0 Å². The van der Waals surface area contributed by atoms with Gasteiger partial charge in [0.1, 0.15) is 12.1 Å². The number of hydrogen-bond donors (Lipinski definition) is 0. The maximum Gasteiger partial charge on any atom is 0.210 e. The van der Waals surface area contributed by atoms with Crippen LogP contribution in [-0.4, -0.2) is 38.1 Å². The Balaban J connectivity index is 2.32. The second kappa shape index (κ2) is 6.37. The lowest BCUT2D eigenvalue weighted by Gasteiger charge is -2.39. The second-order valence-electron chi connectivity index (χ2n) is 6.33. The van der Waals surface area contributed by atoms with Crippen molar-refractivity contribution in [2.75, 3.05) is 14.2 Å². The summed E-state index contributed by atoms with van der Waals surface area (Å²) in [6.45, 7) is 8.54. The number of ether oxygens (including phenoxy) is 2. The summed E-state index contributed by atoms with van der Waals surface area (Å²) in [4.78, 5) is 9.57. The van der Waals surface area contributed by atoms with Gasteiger partial charge >= 0.3 is 0 Å². The molecule has 0 saturated heterocycles. The Morgan fingerprint density at radius 2 is 1.57 bits per heavy atom. The summed E-state index contributed by atoms with van der Waals surface area (Å²) in [6, 6.07) is -0.244. The molecular weight excluding hydrogens is 264 g/mol. The molecule has 0 aromatic carbocycles. The minimum Gasteiger partial charge on any atom is -0.483 e. The fraction of sp³-hybridized carbons (Fsp3) is 0.588. The highest BCUT2D eigenvalue weighted by molar-refractivity contribution is 5.94. The maximum absolute atomic E-state index is 5.55. The van der Waals surface area contributed by atoms with Gasteiger partial charge in [-0.25, -0.2) is 9.98 Å². The number of aliphatic imine (C=N–C) groups is 2. The summed E-state index contributed by atoms with van der Waals surface area (Å²) in [5, 5.41) is 0. The molecule has 1 heterocycles. The van der Waals surface area contributed by atoms with E-state index in [9.17, 15) is 0 Å².